The quantitative estimate of drug-likeness (QED) is 0.696. The summed E-state index contributed by atoms with van der Waals surface area (Å²) in [7, 11) is 0. The van der Waals surface area contributed by atoms with Crippen molar-refractivity contribution in [3.05, 3.63) is 33.9 Å². The molecule has 0 unspecified atom stereocenters. The summed E-state index contributed by atoms with van der Waals surface area (Å²) >= 11 is 5.15. The molecule has 2 heterocycles. The molecule has 1 aromatic heterocycles. The van der Waals surface area contributed by atoms with E-state index in [0.29, 0.717) is 4.77 Å². The van der Waals surface area contributed by atoms with Gasteiger partial charge in [-0.3, -0.25) is 5.10 Å². The van der Waals surface area contributed by atoms with Crippen LogP contribution >= 0.6 is 12.2 Å². The van der Waals surface area contributed by atoms with Gasteiger partial charge in [-0.05, 0) is 36.8 Å². The Morgan fingerprint density at radius 1 is 1.45 bits per heavy atom. The normalized spacial score (nSPS) is 13.3. The molecule has 1 aromatic carbocycles. The van der Waals surface area contributed by atoms with Gasteiger partial charge in [-0.25, -0.2) is 0 Å². The van der Waals surface area contributed by atoms with Crippen LogP contribution in [-0.2, 0) is 6.42 Å². The van der Waals surface area contributed by atoms with Crippen molar-refractivity contribution in [2.24, 2.45) is 5.10 Å². The van der Waals surface area contributed by atoms with Crippen LogP contribution < -0.4 is 9.47 Å². The number of aryl methyl sites for hydroxylation is 2. The van der Waals surface area contributed by atoms with E-state index in [0.717, 1.165) is 34.9 Å². The monoisotopic (exact) mass is 290 g/mol. The van der Waals surface area contributed by atoms with E-state index < -0.39 is 0 Å². The zero-order valence-corrected chi connectivity index (χ0v) is 12.0. The average molecular weight is 290 g/mol. The van der Waals surface area contributed by atoms with Gasteiger partial charge in [0.15, 0.2) is 17.3 Å². The van der Waals surface area contributed by atoms with Crippen LogP contribution in [0.4, 0.5) is 0 Å². The van der Waals surface area contributed by atoms with E-state index in [9.17, 15) is 0 Å². The molecular formula is C13H14N4O2S. The van der Waals surface area contributed by atoms with E-state index in [-0.39, 0.29) is 6.79 Å². The lowest BCUT2D eigenvalue weighted by Gasteiger charge is -2.03. The minimum atomic E-state index is 0.266. The van der Waals surface area contributed by atoms with Crippen molar-refractivity contribution < 1.29 is 9.47 Å². The first-order chi connectivity index (χ1) is 9.69. The van der Waals surface area contributed by atoms with Gasteiger partial charge < -0.3 is 9.47 Å². The highest BCUT2D eigenvalue weighted by Gasteiger charge is 2.14. The van der Waals surface area contributed by atoms with Gasteiger partial charge in [-0.2, -0.15) is 14.9 Å². The van der Waals surface area contributed by atoms with Crippen molar-refractivity contribution >= 4 is 18.4 Å². The molecule has 0 atom stereocenters. The topological polar surface area (TPSA) is 64.4 Å². The van der Waals surface area contributed by atoms with Crippen molar-refractivity contribution in [1.82, 2.24) is 14.9 Å². The van der Waals surface area contributed by atoms with Crippen molar-refractivity contribution in [3.63, 3.8) is 0 Å². The zero-order chi connectivity index (χ0) is 14.1. The third-order valence-electron chi connectivity index (χ3n) is 3.11. The molecule has 20 heavy (non-hydrogen) atoms. The van der Waals surface area contributed by atoms with Crippen LogP contribution in [0.3, 0.4) is 0 Å². The Labute approximate surface area is 121 Å². The Kier molecular flexibility index (Phi) is 3.27. The van der Waals surface area contributed by atoms with Gasteiger partial charge in [0.05, 0.1) is 6.21 Å². The largest absolute Gasteiger partial charge is 0.454 e. The van der Waals surface area contributed by atoms with Gasteiger partial charge in [0, 0.05) is 12.0 Å². The average Bonchev–Trinajstić information content (AvgIpc) is 3.02. The van der Waals surface area contributed by atoms with Crippen molar-refractivity contribution in [1.29, 1.82) is 0 Å². The number of aromatic nitrogens is 3. The molecule has 0 bridgehead atoms. The van der Waals surface area contributed by atoms with Gasteiger partial charge in [-0.15, -0.1) is 0 Å². The lowest BCUT2D eigenvalue weighted by molar-refractivity contribution is 0.174. The predicted octanol–water partition coefficient (Wildman–Crippen LogP) is 2.42. The van der Waals surface area contributed by atoms with E-state index in [1.165, 1.54) is 0 Å². The van der Waals surface area contributed by atoms with Gasteiger partial charge in [-0.1, -0.05) is 6.92 Å². The summed E-state index contributed by atoms with van der Waals surface area (Å²) in [4.78, 5) is 0. The summed E-state index contributed by atoms with van der Waals surface area (Å²) in [6, 6.07) is 3.86. The first kappa shape index (κ1) is 12.9. The Morgan fingerprint density at radius 2 is 2.20 bits per heavy atom. The minimum Gasteiger partial charge on any atom is -0.454 e. The number of rotatable bonds is 3. The maximum absolute atomic E-state index is 5.37. The van der Waals surface area contributed by atoms with Crippen molar-refractivity contribution in [2.45, 2.75) is 20.3 Å². The molecule has 0 spiro atoms. The Balaban J connectivity index is 1.97. The lowest BCUT2D eigenvalue weighted by atomic mass is 10.1. The number of nitrogens with one attached hydrogen (secondary N) is 1. The van der Waals surface area contributed by atoms with E-state index in [1.807, 2.05) is 26.0 Å². The van der Waals surface area contributed by atoms with Gasteiger partial charge in [0.25, 0.3) is 0 Å². The number of ether oxygens (including phenoxy) is 2. The predicted molar refractivity (Wildman–Crippen MR) is 77.1 cm³/mol. The smallest absolute Gasteiger partial charge is 0.231 e. The standard InChI is InChI=1S/C13H14N4O2S/c1-3-12-15-16-13(20)17(12)14-6-9-5-11-10(4-8(9)2)18-7-19-11/h4-6H,3,7H2,1-2H3,(H,16,20)/b14-6-. The molecule has 7 heteroatoms. The second-order valence-electron chi connectivity index (χ2n) is 4.42. The molecule has 0 saturated heterocycles. The number of H-pyrrole nitrogens is 1. The van der Waals surface area contributed by atoms with Crippen molar-refractivity contribution in [3.8, 4) is 11.5 Å². The molecule has 2 aromatic rings. The van der Waals surface area contributed by atoms with Crippen LogP contribution in [0.5, 0.6) is 11.5 Å². The fourth-order valence-corrected chi connectivity index (χ4v) is 2.19. The van der Waals surface area contributed by atoms with Gasteiger partial charge in [0.1, 0.15) is 0 Å². The highest BCUT2D eigenvalue weighted by atomic mass is 32.1. The zero-order valence-electron chi connectivity index (χ0n) is 11.2. The van der Waals surface area contributed by atoms with Crippen LogP contribution in [0.2, 0.25) is 0 Å². The molecule has 104 valence electrons. The summed E-state index contributed by atoms with van der Waals surface area (Å²) in [5.41, 5.74) is 2.02. The van der Waals surface area contributed by atoms with Gasteiger partial charge in [0.2, 0.25) is 11.6 Å². The summed E-state index contributed by atoms with van der Waals surface area (Å²) in [5.74, 6) is 2.31. The third kappa shape index (κ3) is 2.20. The van der Waals surface area contributed by atoms with Crippen LogP contribution in [0.25, 0.3) is 0 Å². The molecule has 0 radical (unpaired) electrons. The maximum Gasteiger partial charge on any atom is 0.231 e. The number of fused-ring (bicyclic) bond motifs is 1. The fraction of sp³-hybridized carbons (Fsp3) is 0.308. The number of hydrogen-bond donors (Lipinski definition) is 1. The Morgan fingerprint density at radius 3 is 2.95 bits per heavy atom. The first-order valence-corrected chi connectivity index (χ1v) is 6.70. The summed E-state index contributed by atoms with van der Waals surface area (Å²) in [6.45, 7) is 4.27. The molecule has 0 fully saturated rings. The summed E-state index contributed by atoms with van der Waals surface area (Å²) < 4.78 is 12.8. The maximum atomic E-state index is 5.37. The molecule has 1 aliphatic rings. The molecule has 0 aliphatic carbocycles. The minimum absolute atomic E-state index is 0.266. The van der Waals surface area contributed by atoms with Gasteiger partial charge >= 0.3 is 0 Å². The number of benzene rings is 1. The van der Waals surface area contributed by atoms with Crippen molar-refractivity contribution in [2.75, 3.05) is 6.79 Å². The van der Waals surface area contributed by atoms with Crippen LogP contribution in [-0.4, -0.2) is 27.9 Å². The highest BCUT2D eigenvalue weighted by Crippen LogP contribution is 2.34. The second kappa shape index (κ2) is 5.09. The number of hydrogen-bond acceptors (Lipinski definition) is 5. The first-order valence-electron chi connectivity index (χ1n) is 6.30. The number of aromatic amines is 1. The molecule has 0 amide bonds. The molecule has 6 nitrogen and oxygen atoms in total. The Bertz CT molecular complexity index is 732. The Hall–Kier alpha value is -2.15. The van der Waals surface area contributed by atoms with Crippen LogP contribution in [0.15, 0.2) is 17.2 Å². The molecular weight excluding hydrogens is 276 g/mol. The number of nitrogens with zero attached hydrogens (tertiary/aromatic N) is 3. The SMILES string of the molecule is CCc1n[nH]c(=S)n1/N=C\c1cc2c(cc1C)OCO2. The van der Waals surface area contributed by atoms with E-state index in [4.69, 9.17) is 21.7 Å². The van der Waals surface area contributed by atoms with E-state index in [2.05, 4.69) is 15.3 Å². The van der Waals surface area contributed by atoms with Crippen LogP contribution in [0, 0.1) is 11.7 Å². The molecule has 1 aliphatic heterocycles. The summed E-state index contributed by atoms with van der Waals surface area (Å²) in [5, 5.41) is 11.2. The second-order valence-corrected chi connectivity index (χ2v) is 4.80. The molecule has 0 saturated carbocycles. The third-order valence-corrected chi connectivity index (χ3v) is 3.37. The van der Waals surface area contributed by atoms with E-state index in [1.54, 1.807) is 10.9 Å². The lowest BCUT2D eigenvalue weighted by Crippen LogP contribution is -1.98. The van der Waals surface area contributed by atoms with Crippen LogP contribution in [0.1, 0.15) is 23.9 Å². The summed E-state index contributed by atoms with van der Waals surface area (Å²) in [6.07, 6.45) is 2.51. The molecule has 3 rings (SSSR count). The fourth-order valence-electron chi connectivity index (χ4n) is 1.99. The van der Waals surface area contributed by atoms with E-state index >= 15 is 0 Å². The highest BCUT2D eigenvalue weighted by molar-refractivity contribution is 7.71. The molecule has 1 N–H and O–H groups in total.